The van der Waals surface area contributed by atoms with Crippen LogP contribution in [0.15, 0.2) is 6.07 Å². The highest BCUT2D eigenvalue weighted by atomic mass is 16.5. The summed E-state index contributed by atoms with van der Waals surface area (Å²) >= 11 is 0. The molecule has 0 fully saturated rings. The number of nitrogens with zero attached hydrogens (tertiary/aromatic N) is 2. The van der Waals surface area contributed by atoms with Crippen LogP contribution in [0.25, 0.3) is 0 Å². The molecule has 1 atom stereocenters. The van der Waals surface area contributed by atoms with Crippen molar-refractivity contribution in [1.29, 1.82) is 0 Å². The van der Waals surface area contributed by atoms with E-state index in [4.69, 9.17) is 9.47 Å². The topological polar surface area (TPSA) is 56.3 Å². The molecule has 0 spiro atoms. The summed E-state index contributed by atoms with van der Waals surface area (Å²) < 4.78 is 11.1. The molecule has 1 N–H and O–H groups in total. The first kappa shape index (κ1) is 13.7. The predicted molar refractivity (Wildman–Crippen MR) is 66.6 cm³/mol. The SMILES string of the molecule is CCCOc1cc(C)nc(OC(C)CNC)n1. The van der Waals surface area contributed by atoms with Crippen molar-refractivity contribution >= 4 is 0 Å². The Labute approximate surface area is 103 Å². The Morgan fingerprint density at radius 3 is 2.82 bits per heavy atom. The zero-order valence-electron chi connectivity index (χ0n) is 11.0. The lowest BCUT2D eigenvalue weighted by Gasteiger charge is -2.13. The molecular weight excluding hydrogens is 218 g/mol. The Morgan fingerprint density at radius 1 is 1.41 bits per heavy atom. The fourth-order valence-electron chi connectivity index (χ4n) is 1.36. The first-order valence-electron chi connectivity index (χ1n) is 5.95. The van der Waals surface area contributed by atoms with Crippen molar-refractivity contribution in [1.82, 2.24) is 15.3 Å². The van der Waals surface area contributed by atoms with Crippen LogP contribution in [-0.2, 0) is 0 Å². The molecule has 5 heteroatoms. The molecule has 1 unspecified atom stereocenters. The van der Waals surface area contributed by atoms with Gasteiger partial charge < -0.3 is 14.8 Å². The second-order valence-corrected chi connectivity index (χ2v) is 3.96. The highest BCUT2D eigenvalue weighted by Gasteiger charge is 2.08. The molecule has 0 aliphatic heterocycles. The van der Waals surface area contributed by atoms with Gasteiger partial charge in [0.1, 0.15) is 6.10 Å². The third kappa shape index (κ3) is 4.99. The number of rotatable bonds is 7. The standard InChI is InChI=1S/C12H21N3O2/c1-5-6-16-11-7-9(2)14-12(15-11)17-10(3)8-13-4/h7,10,13H,5-6,8H2,1-4H3. The number of aryl methyl sites for hydroxylation is 1. The van der Waals surface area contributed by atoms with Gasteiger partial charge in [0.15, 0.2) is 0 Å². The number of aromatic nitrogens is 2. The number of hydrogen-bond donors (Lipinski definition) is 1. The first-order valence-corrected chi connectivity index (χ1v) is 5.95. The largest absolute Gasteiger partial charge is 0.478 e. The molecule has 0 aromatic carbocycles. The van der Waals surface area contributed by atoms with E-state index < -0.39 is 0 Å². The second-order valence-electron chi connectivity index (χ2n) is 3.96. The lowest BCUT2D eigenvalue weighted by atomic mass is 10.4. The summed E-state index contributed by atoms with van der Waals surface area (Å²) in [7, 11) is 1.88. The molecule has 96 valence electrons. The molecule has 0 saturated heterocycles. The Kier molecular flexibility index (Phi) is 5.69. The van der Waals surface area contributed by atoms with Crippen LogP contribution < -0.4 is 14.8 Å². The summed E-state index contributed by atoms with van der Waals surface area (Å²) in [6.45, 7) is 7.33. The maximum atomic E-state index is 5.59. The van der Waals surface area contributed by atoms with E-state index in [1.165, 1.54) is 0 Å². The predicted octanol–water partition coefficient (Wildman–Crippen LogP) is 1.56. The molecule has 0 saturated carbocycles. The second kappa shape index (κ2) is 7.06. The third-order valence-electron chi connectivity index (χ3n) is 2.06. The lowest BCUT2D eigenvalue weighted by molar-refractivity contribution is 0.197. The fourth-order valence-corrected chi connectivity index (χ4v) is 1.36. The highest BCUT2D eigenvalue weighted by Crippen LogP contribution is 2.14. The Bertz CT molecular complexity index is 345. The van der Waals surface area contributed by atoms with Gasteiger partial charge in [0, 0.05) is 18.3 Å². The average molecular weight is 239 g/mol. The van der Waals surface area contributed by atoms with Crippen LogP contribution in [-0.4, -0.2) is 36.3 Å². The summed E-state index contributed by atoms with van der Waals surface area (Å²) in [5.74, 6) is 0.575. The van der Waals surface area contributed by atoms with Crippen LogP contribution in [0.3, 0.4) is 0 Å². The highest BCUT2D eigenvalue weighted by molar-refractivity contribution is 5.17. The summed E-state index contributed by atoms with van der Waals surface area (Å²) in [4.78, 5) is 8.43. The van der Waals surface area contributed by atoms with Gasteiger partial charge in [-0.1, -0.05) is 6.92 Å². The van der Waals surface area contributed by atoms with E-state index >= 15 is 0 Å². The maximum Gasteiger partial charge on any atom is 0.320 e. The van der Waals surface area contributed by atoms with Gasteiger partial charge in [-0.05, 0) is 27.3 Å². The van der Waals surface area contributed by atoms with E-state index in [0.717, 1.165) is 18.7 Å². The van der Waals surface area contributed by atoms with Gasteiger partial charge in [-0.15, -0.1) is 0 Å². The van der Waals surface area contributed by atoms with E-state index in [9.17, 15) is 0 Å². The molecular formula is C12H21N3O2. The van der Waals surface area contributed by atoms with E-state index in [1.807, 2.05) is 27.0 Å². The minimum absolute atomic E-state index is 0.0285. The Balaban J connectivity index is 2.67. The average Bonchev–Trinajstić information content (AvgIpc) is 2.25. The van der Waals surface area contributed by atoms with Gasteiger partial charge in [-0.2, -0.15) is 4.98 Å². The fraction of sp³-hybridized carbons (Fsp3) is 0.667. The number of ether oxygens (including phenoxy) is 2. The van der Waals surface area contributed by atoms with Gasteiger partial charge in [0.25, 0.3) is 0 Å². The minimum atomic E-state index is 0.0285. The zero-order chi connectivity index (χ0) is 12.7. The van der Waals surface area contributed by atoms with Crippen LogP contribution in [0.2, 0.25) is 0 Å². The molecule has 17 heavy (non-hydrogen) atoms. The monoisotopic (exact) mass is 239 g/mol. The number of likely N-dealkylation sites (N-methyl/N-ethyl adjacent to an activating group) is 1. The molecule has 0 amide bonds. The summed E-state index contributed by atoms with van der Waals surface area (Å²) in [5.41, 5.74) is 0.845. The van der Waals surface area contributed by atoms with Crippen LogP contribution >= 0.6 is 0 Å². The molecule has 0 aliphatic rings. The van der Waals surface area contributed by atoms with Crippen molar-refractivity contribution in [3.8, 4) is 11.9 Å². The van der Waals surface area contributed by atoms with Crippen LogP contribution in [0.4, 0.5) is 0 Å². The van der Waals surface area contributed by atoms with E-state index in [0.29, 0.717) is 18.5 Å². The third-order valence-corrected chi connectivity index (χ3v) is 2.06. The number of hydrogen-bond acceptors (Lipinski definition) is 5. The van der Waals surface area contributed by atoms with Crippen molar-refractivity contribution in [2.75, 3.05) is 20.2 Å². The molecule has 1 aromatic rings. The molecule has 1 heterocycles. The molecule has 1 aromatic heterocycles. The minimum Gasteiger partial charge on any atom is -0.478 e. The van der Waals surface area contributed by atoms with E-state index in [-0.39, 0.29) is 6.10 Å². The maximum absolute atomic E-state index is 5.59. The smallest absolute Gasteiger partial charge is 0.320 e. The molecule has 5 nitrogen and oxygen atoms in total. The van der Waals surface area contributed by atoms with Gasteiger partial charge in [-0.25, -0.2) is 4.98 Å². The molecule has 0 bridgehead atoms. The lowest BCUT2D eigenvalue weighted by Crippen LogP contribution is -2.26. The van der Waals surface area contributed by atoms with Gasteiger partial charge in [-0.3, -0.25) is 0 Å². The molecule has 1 rings (SSSR count). The van der Waals surface area contributed by atoms with Gasteiger partial charge >= 0.3 is 6.01 Å². The summed E-state index contributed by atoms with van der Waals surface area (Å²) in [6.07, 6.45) is 0.982. The number of nitrogens with one attached hydrogen (secondary N) is 1. The van der Waals surface area contributed by atoms with Crippen molar-refractivity contribution in [2.45, 2.75) is 33.3 Å². The van der Waals surface area contributed by atoms with Crippen LogP contribution in [0.1, 0.15) is 26.0 Å². The van der Waals surface area contributed by atoms with Crippen molar-refractivity contribution in [3.05, 3.63) is 11.8 Å². The molecule has 0 radical (unpaired) electrons. The summed E-state index contributed by atoms with van der Waals surface area (Å²) in [6, 6.07) is 2.18. The zero-order valence-corrected chi connectivity index (χ0v) is 11.0. The van der Waals surface area contributed by atoms with Crippen LogP contribution in [0.5, 0.6) is 11.9 Å². The van der Waals surface area contributed by atoms with Crippen molar-refractivity contribution < 1.29 is 9.47 Å². The van der Waals surface area contributed by atoms with Gasteiger partial charge in [0.2, 0.25) is 5.88 Å². The normalized spacial score (nSPS) is 12.2. The van der Waals surface area contributed by atoms with Crippen LogP contribution in [0, 0.1) is 6.92 Å². The van der Waals surface area contributed by atoms with Gasteiger partial charge in [0.05, 0.1) is 6.61 Å². The Morgan fingerprint density at radius 2 is 2.18 bits per heavy atom. The van der Waals surface area contributed by atoms with Crippen molar-refractivity contribution in [2.24, 2.45) is 0 Å². The Hall–Kier alpha value is -1.36. The van der Waals surface area contributed by atoms with Crippen molar-refractivity contribution in [3.63, 3.8) is 0 Å². The molecule has 0 aliphatic carbocycles. The van der Waals surface area contributed by atoms with E-state index in [1.54, 1.807) is 0 Å². The van der Waals surface area contributed by atoms with E-state index in [2.05, 4.69) is 22.2 Å². The summed E-state index contributed by atoms with van der Waals surface area (Å²) in [5, 5.41) is 3.04. The first-order chi connectivity index (χ1) is 8.15. The quantitative estimate of drug-likeness (QED) is 0.782.